The molecule has 0 fully saturated rings. The van der Waals surface area contributed by atoms with Crippen molar-refractivity contribution in [3.05, 3.63) is 24.3 Å². The van der Waals surface area contributed by atoms with Gasteiger partial charge in [0.2, 0.25) is 0 Å². The van der Waals surface area contributed by atoms with Gasteiger partial charge in [0.25, 0.3) is 0 Å². The Labute approximate surface area is 228 Å². The molecule has 216 valence electrons. The number of allylic oxidation sites excluding steroid dienone is 4. The van der Waals surface area contributed by atoms with Crippen LogP contribution in [0.5, 0.6) is 0 Å². The summed E-state index contributed by atoms with van der Waals surface area (Å²) in [5, 5.41) is 9.41. The maximum Gasteiger partial charge on any atom is 0.306 e. The van der Waals surface area contributed by atoms with Gasteiger partial charge in [0.05, 0.1) is 6.61 Å². The predicted octanol–water partition coefficient (Wildman–Crippen LogP) is 8.78. The molecule has 0 aromatic carbocycles. The maximum atomic E-state index is 12.0. The molecule has 0 aliphatic carbocycles. The second kappa shape index (κ2) is 28.9. The standard InChI is InChI=1S/C32H58O5/c1-3-5-7-9-10-11-12-13-14-15-16-17-18-19-20-21-23-25-27-32(35)37-30(28-33)29-36-31(34)26-24-22-8-6-4-2/h11-12,14-15,30,33H,3-10,13,16-29H2,1-2H3/b12-11-,15-14-. The number of rotatable bonds is 27. The molecule has 0 aliphatic rings. The van der Waals surface area contributed by atoms with E-state index in [0.717, 1.165) is 51.4 Å². The van der Waals surface area contributed by atoms with Crippen LogP contribution >= 0.6 is 0 Å². The van der Waals surface area contributed by atoms with Crippen molar-refractivity contribution < 1.29 is 24.2 Å². The van der Waals surface area contributed by atoms with Crippen LogP contribution in [0.1, 0.15) is 149 Å². The number of hydrogen-bond acceptors (Lipinski definition) is 5. The van der Waals surface area contributed by atoms with Gasteiger partial charge in [-0.3, -0.25) is 9.59 Å². The second-order valence-electron chi connectivity index (χ2n) is 10.2. The van der Waals surface area contributed by atoms with E-state index in [0.29, 0.717) is 12.8 Å². The molecule has 0 aromatic heterocycles. The summed E-state index contributed by atoms with van der Waals surface area (Å²) in [6.45, 7) is 4.00. The fraction of sp³-hybridized carbons (Fsp3) is 0.812. The summed E-state index contributed by atoms with van der Waals surface area (Å²) in [7, 11) is 0. The summed E-state index contributed by atoms with van der Waals surface area (Å²) in [4.78, 5) is 23.8. The van der Waals surface area contributed by atoms with Crippen LogP contribution in [0.4, 0.5) is 0 Å². The van der Waals surface area contributed by atoms with E-state index in [1.165, 1.54) is 70.6 Å². The van der Waals surface area contributed by atoms with Gasteiger partial charge < -0.3 is 14.6 Å². The average Bonchev–Trinajstić information content (AvgIpc) is 2.90. The quantitative estimate of drug-likeness (QED) is 0.0663. The third-order valence-electron chi connectivity index (χ3n) is 6.50. The van der Waals surface area contributed by atoms with E-state index >= 15 is 0 Å². The lowest BCUT2D eigenvalue weighted by molar-refractivity contribution is -0.161. The molecule has 0 heterocycles. The molecule has 1 atom stereocenters. The Morgan fingerprint density at radius 1 is 0.622 bits per heavy atom. The van der Waals surface area contributed by atoms with Gasteiger partial charge in [-0.2, -0.15) is 0 Å². The normalized spacial score (nSPS) is 12.4. The highest BCUT2D eigenvalue weighted by atomic mass is 16.6. The summed E-state index contributed by atoms with van der Waals surface area (Å²) in [5.74, 6) is -0.615. The van der Waals surface area contributed by atoms with E-state index in [9.17, 15) is 14.7 Å². The minimum atomic E-state index is -0.767. The van der Waals surface area contributed by atoms with E-state index < -0.39 is 6.10 Å². The van der Waals surface area contributed by atoms with Gasteiger partial charge in [0, 0.05) is 12.8 Å². The van der Waals surface area contributed by atoms with Crippen LogP contribution < -0.4 is 0 Å². The number of esters is 2. The van der Waals surface area contributed by atoms with Gasteiger partial charge in [-0.1, -0.05) is 115 Å². The van der Waals surface area contributed by atoms with Crippen molar-refractivity contribution in [1.29, 1.82) is 0 Å². The summed E-state index contributed by atoms with van der Waals surface area (Å²) < 4.78 is 10.4. The lowest BCUT2D eigenvalue weighted by Gasteiger charge is -2.15. The zero-order valence-electron chi connectivity index (χ0n) is 24.2. The van der Waals surface area contributed by atoms with Crippen molar-refractivity contribution in [2.45, 2.75) is 155 Å². The zero-order valence-corrected chi connectivity index (χ0v) is 24.2. The van der Waals surface area contributed by atoms with Crippen molar-refractivity contribution in [2.24, 2.45) is 0 Å². The molecule has 0 aromatic rings. The summed E-state index contributed by atoms with van der Waals surface area (Å²) in [6, 6.07) is 0. The Balaban J connectivity index is 3.56. The largest absolute Gasteiger partial charge is 0.462 e. The Morgan fingerprint density at radius 3 is 1.62 bits per heavy atom. The van der Waals surface area contributed by atoms with Crippen molar-refractivity contribution >= 4 is 11.9 Å². The Hall–Kier alpha value is -1.62. The molecular formula is C32H58O5. The van der Waals surface area contributed by atoms with Crippen LogP contribution in [0, 0.1) is 0 Å². The predicted molar refractivity (Wildman–Crippen MR) is 155 cm³/mol. The first-order chi connectivity index (χ1) is 18.1. The first kappa shape index (κ1) is 35.4. The summed E-state index contributed by atoms with van der Waals surface area (Å²) >= 11 is 0. The molecule has 37 heavy (non-hydrogen) atoms. The molecule has 0 spiro atoms. The topological polar surface area (TPSA) is 72.8 Å². The Morgan fingerprint density at radius 2 is 1.08 bits per heavy atom. The lowest BCUT2D eigenvalue weighted by atomic mass is 10.1. The number of ether oxygens (including phenoxy) is 2. The second-order valence-corrected chi connectivity index (χ2v) is 10.2. The molecular weight excluding hydrogens is 464 g/mol. The number of unbranched alkanes of at least 4 members (excludes halogenated alkanes) is 15. The van der Waals surface area contributed by atoms with Crippen LogP contribution in [0.2, 0.25) is 0 Å². The highest BCUT2D eigenvalue weighted by molar-refractivity contribution is 5.70. The van der Waals surface area contributed by atoms with Gasteiger partial charge in [0.15, 0.2) is 6.10 Å². The van der Waals surface area contributed by atoms with E-state index in [1.807, 2.05) is 0 Å². The van der Waals surface area contributed by atoms with Crippen molar-refractivity contribution in [2.75, 3.05) is 13.2 Å². The fourth-order valence-corrected chi connectivity index (χ4v) is 4.11. The van der Waals surface area contributed by atoms with Crippen LogP contribution in [0.15, 0.2) is 24.3 Å². The Kier molecular flexibility index (Phi) is 27.7. The molecule has 1 N–H and O–H groups in total. The van der Waals surface area contributed by atoms with Gasteiger partial charge in [0.1, 0.15) is 6.61 Å². The average molecular weight is 523 g/mol. The van der Waals surface area contributed by atoms with Gasteiger partial charge in [-0.15, -0.1) is 0 Å². The molecule has 0 rings (SSSR count). The smallest absolute Gasteiger partial charge is 0.306 e. The molecule has 0 aliphatic heterocycles. The molecule has 0 amide bonds. The van der Waals surface area contributed by atoms with Crippen LogP contribution in [-0.2, 0) is 19.1 Å². The highest BCUT2D eigenvalue weighted by Gasteiger charge is 2.16. The summed E-state index contributed by atoms with van der Waals surface area (Å²) in [6.07, 6.45) is 31.1. The minimum absolute atomic E-state index is 0.0684. The van der Waals surface area contributed by atoms with Gasteiger partial charge in [-0.25, -0.2) is 0 Å². The molecule has 0 bridgehead atoms. The van der Waals surface area contributed by atoms with E-state index in [2.05, 4.69) is 38.2 Å². The lowest BCUT2D eigenvalue weighted by Crippen LogP contribution is -2.28. The highest BCUT2D eigenvalue weighted by Crippen LogP contribution is 2.12. The van der Waals surface area contributed by atoms with Crippen molar-refractivity contribution in [1.82, 2.24) is 0 Å². The number of aliphatic hydroxyl groups is 1. The van der Waals surface area contributed by atoms with Crippen molar-refractivity contribution in [3.8, 4) is 0 Å². The zero-order chi connectivity index (χ0) is 27.2. The maximum absolute atomic E-state index is 12.0. The Bertz CT molecular complexity index is 570. The first-order valence-electron chi connectivity index (χ1n) is 15.4. The van der Waals surface area contributed by atoms with Gasteiger partial charge in [-0.05, 0) is 44.9 Å². The van der Waals surface area contributed by atoms with Crippen LogP contribution in [0.25, 0.3) is 0 Å². The van der Waals surface area contributed by atoms with Crippen molar-refractivity contribution in [3.63, 3.8) is 0 Å². The van der Waals surface area contributed by atoms with Crippen LogP contribution in [0.3, 0.4) is 0 Å². The first-order valence-corrected chi connectivity index (χ1v) is 15.4. The molecule has 0 saturated heterocycles. The summed E-state index contributed by atoms with van der Waals surface area (Å²) in [5.41, 5.74) is 0. The SMILES string of the molecule is CCCCCC/C=C\C/C=C\CCCCCCCCCC(=O)OC(CO)COC(=O)CCCCCCC. The third-order valence-corrected chi connectivity index (χ3v) is 6.50. The molecule has 5 heteroatoms. The fourth-order valence-electron chi connectivity index (χ4n) is 4.11. The van der Waals surface area contributed by atoms with E-state index in [-0.39, 0.29) is 25.2 Å². The molecule has 5 nitrogen and oxygen atoms in total. The van der Waals surface area contributed by atoms with Gasteiger partial charge >= 0.3 is 11.9 Å². The molecule has 0 saturated carbocycles. The van der Waals surface area contributed by atoms with Crippen LogP contribution in [-0.4, -0.2) is 36.4 Å². The number of aliphatic hydroxyl groups excluding tert-OH is 1. The molecule has 1 unspecified atom stereocenters. The third kappa shape index (κ3) is 27.2. The number of carbonyl (C=O) groups is 2. The molecule has 0 radical (unpaired) electrons. The monoisotopic (exact) mass is 522 g/mol. The minimum Gasteiger partial charge on any atom is -0.462 e. The number of carbonyl (C=O) groups excluding carboxylic acids is 2. The number of hydrogen-bond donors (Lipinski definition) is 1. The van der Waals surface area contributed by atoms with E-state index in [1.54, 1.807) is 0 Å². The van der Waals surface area contributed by atoms with E-state index in [4.69, 9.17) is 9.47 Å².